The zero-order valence-electron chi connectivity index (χ0n) is 16.6. The number of benzene rings is 1. The minimum atomic E-state index is -5.35. The Morgan fingerprint density at radius 2 is 1.54 bits per heavy atom. The summed E-state index contributed by atoms with van der Waals surface area (Å²) in [4.78, 5) is 23.6. The number of hydrogen-bond donors (Lipinski definition) is 2. The SMILES string of the molecule is CC(C)(C)OC(=O)NCc1ccc(NC(=O)OC(C)(C)C)c(OS(=O)(=O)F)c1. The molecule has 0 saturated heterocycles. The van der Waals surface area contributed by atoms with E-state index >= 15 is 0 Å². The second-order valence-corrected chi connectivity index (χ2v) is 8.74. The Balaban J connectivity index is 2.97. The van der Waals surface area contributed by atoms with Crippen molar-refractivity contribution in [2.45, 2.75) is 59.3 Å². The molecule has 9 nitrogen and oxygen atoms in total. The second-order valence-electron chi connectivity index (χ2n) is 7.79. The largest absolute Gasteiger partial charge is 0.488 e. The van der Waals surface area contributed by atoms with Crippen LogP contribution < -0.4 is 14.8 Å². The van der Waals surface area contributed by atoms with E-state index in [1.54, 1.807) is 41.5 Å². The van der Waals surface area contributed by atoms with Crippen LogP contribution in [-0.2, 0) is 26.5 Å². The van der Waals surface area contributed by atoms with Gasteiger partial charge < -0.3 is 19.0 Å². The van der Waals surface area contributed by atoms with Crippen molar-refractivity contribution >= 4 is 28.4 Å². The molecular formula is C17H25FN2O7S. The van der Waals surface area contributed by atoms with E-state index in [0.29, 0.717) is 5.56 Å². The highest BCUT2D eigenvalue weighted by atomic mass is 32.3. The molecule has 0 unspecified atom stereocenters. The molecule has 0 aliphatic rings. The fourth-order valence-corrected chi connectivity index (χ4v) is 2.21. The maximum absolute atomic E-state index is 13.0. The highest BCUT2D eigenvalue weighted by Gasteiger charge is 2.21. The third-order valence-corrected chi connectivity index (χ3v) is 3.09. The number of halogens is 1. The molecule has 1 rings (SSSR count). The number of rotatable bonds is 5. The van der Waals surface area contributed by atoms with E-state index in [9.17, 15) is 21.9 Å². The summed E-state index contributed by atoms with van der Waals surface area (Å²) in [5.74, 6) is -0.475. The molecule has 2 amide bonds. The maximum atomic E-state index is 13.0. The molecule has 2 N–H and O–H groups in total. The molecule has 0 aliphatic carbocycles. The number of nitrogens with one attached hydrogen (secondary N) is 2. The van der Waals surface area contributed by atoms with Gasteiger partial charge in [0.15, 0.2) is 5.75 Å². The minimum absolute atomic E-state index is 0.0513. The Hall–Kier alpha value is -2.56. The van der Waals surface area contributed by atoms with Crippen LogP contribution in [0.15, 0.2) is 18.2 Å². The van der Waals surface area contributed by atoms with Crippen LogP contribution in [0, 0.1) is 0 Å². The summed E-state index contributed by atoms with van der Waals surface area (Å²) in [5, 5.41) is 4.75. The van der Waals surface area contributed by atoms with E-state index in [2.05, 4.69) is 14.8 Å². The van der Waals surface area contributed by atoms with E-state index in [-0.39, 0.29) is 12.2 Å². The van der Waals surface area contributed by atoms with Gasteiger partial charge in [0.05, 0.1) is 5.69 Å². The Labute approximate surface area is 164 Å². The molecule has 0 radical (unpaired) electrons. The maximum Gasteiger partial charge on any atom is 0.488 e. The van der Waals surface area contributed by atoms with Crippen molar-refractivity contribution in [1.29, 1.82) is 0 Å². The van der Waals surface area contributed by atoms with Crippen LogP contribution in [0.4, 0.5) is 19.2 Å². The predicted octanol–water partition coefficient (Wildman–Crippen LogP) is 3.65. The number of hydrogen-bond acceptors (Lipinski definition) is 7. The number of carbonyl (C=O) groups excluding carboxylic acids is 2. The molecule has 158 valence electrons. The number of amides is 2. The quantitative estimate of drug-likeness (QED) is 0.698. The molecule has 0 atom stereocenters. The molecule has 0 fully saturated rings. The van der Waals surface area contributed by atoms with Crippen molar-refractivity contribution in [3.05, 3.63) is 23.8 Å². The molecule has 0 aromatic heterocycles. The monoisotopic (exact) mass is 420 g/mol. The van der Waals surface area contributed by atoms with Crippen molar-refractivity contribution in [2.24, 2.45) is 0 Å². The first-order chi connectivity index (χ1) is 12.5. The van der Waals surface area contributed by atoms with E-state index in [1.165, 1.54) is 12.1 Å². The summed E-state index contributed by atoms with van der Waals surface area (Å²) in [7, 11) is -5.35. The fraction of sp³-hybridized carbons (Fsp3) is 0.529. The number of ether oxygens (including phenoxy) is 2. The number of carbonyl (C=O) groups is 2. The molecule has 0 aliphatic heterocycles. The average molecular weight is 420 g/mol. The van der Waals surface area contributed by atoms with Gasteiger partial charge in [0.2, 0.25) is 0 Å². The standard InChI is InChI=1S/C17H25FN2O7S/c1-16(2,3)25-14(21)19-10-11-7-8-12(13(9-11)27-28(18,23)24)20-15(22)26-17(4,5)6/h7-9H,10H2,1-6H3,(H,19,21)(H,20,22). The van der Waals surface area contributed by atoms with Gasteiger partial charge in [-0.15, -0.1) is 0 Å². The molecule has 0 bridgehead atoms. The van der Waals surface area contributed by atoms with Gasteiger partial charge in [-0.05, 0) is 59.2 Å². The highest BCUT2D eigenvalue weighted by molar-refractivity contribution is 7.81. The van der Waals surface area contributed by atoms with Crippen LogP contribution in [0.1, 0.15) is 47.1 Å². The topological polar surface area (TPSA) is 120 Å². The van der Waals surface area contributed by atoms with Crippen LogP contribution in [0.25, 0.3) is 0 Å². The lowest BCUT2D eigenvalue weighted by molar-refractivity contribution is 0.0522. The van der Waals surface area contributed by atoms with Gasteiger partial charge in [0.1, 0.15) is 11.2 Å². The summed E-state index contributed by atoms with van der Waals surface area (Å²) >= 11 is 0. The molecule has 0 spiro atoms. The van der Waals surface area contributed by atoms with Crippen LogP contribution >= 0.6 is 0 Å². The summed E-state index contributed by atoms with van der Waals surface area (Å²) in [5.41, 5.74) is -1.24. The van der Waals surface area contributed by atoms with Crippen molar-refractivity contribution in [3.63, 3.8) is 0 Å². The van der Waals surface area contributed by atoms with Gasteiger partial charge in [0.25, 0.3) is 0 Å². The first-order valence-corrected chi connectivity index (χ1v) is 9.59. The summed E-state index contributed by atoms with van der Waals surface area (Å²) in [6, 6.07) is 3.92. The Morgan fingerprint density at radius 1 is 1.00 bits per heavy atom. The third kappa shape index (κ3) is 9.95. The molecule has 28 heavy (non-hydrogen) atoms. The molecule has 1 aromatic carbocycles. The zero-order valence-corrected chi connectivity index (χ0v) is 17.4. The van der Waals surface area contributed by atoms with Crippen molar-refractivity contribution < 1.29 is 35.5 Å². The van der Waals surface area contributed by atoms with Gasteiger partial charge in [0, 0.05) is 6.54 Å². The zero-order chi connectivity index (χ0) is 21.8. The lowest BCUT2D eigenvalue weighted by atomic mass is 10.2. The van der Waals surface area contributed by atoms with Crippen LogP contribution in [0.3, 0.4) is 0 Å². The van der Waals surface area contributed by atoms with Crippen molar-refractivity contribution in [2.75, 3.05) is 5.32 Å². The highest BCUT2D eigenvalue weighted by Crippen LogP contribution is 2.28. The lowest BCUT2D eigenvalue weighted by Gasteiger charge is -2.20. The lowest BCUT2D eigenvalue weighted by Crippen LogP contribution is -2.32. The van der Waals surface area contributed by atoms with Gasteiger partial charge in [-0.3, -0.25) is 5.32 Å². The summed E-state index contributed by atoms with van der Waals surface area (Å²) in [6.45, 7) is 9.96. The van der Waals surface area contributed by atoms with Crippen molar-refractivity contribution in [3.8, 4) is 5.75 Å². The molecule has 0 saturated carbocycles. The molecular weight excluding hydrogens is 395 g/mol. The smallest absolute Gasteiger partial charge is 0.444 e. The normalized spacial score (nSPS) is 12.1. The predicted molar refractivity (Wildman–Crippen MR) is 100 cm³/mol. The fourth-order valence-electron chi connectivity index (χ4n) is 1.86. The second kappa shape index (κ2) is 8.63. The first kappa shape index (κ1) is 23.5. The van der Waals surface area contributed by atoms with E-state index in [0.717, 1.165) is 6.07 Å². The first-order valence-electron chi connectivity index (χ1n) is 8.28. The van der Waals surface area contributed by atoms with E-state index in [4.69, 9.17) is 9.47 Å². The van der Waals surface area contributed by atoms with E-state index in [1.807, 2.05) is 0 Å². The Bertz CT molecular complexity index is 827. The number of alkyl carbamates (subject to hydrolysis) is 1. The molecule has 11 heteroatoms. The van der Waals surface area contributed by atoms with Crippen molar-refractivity contribution in [1.82, 2.24) is 5.32 Å². The molecule has 0 heterocycles. The van der Waals surface area contributed by atoms with Crippen LogP contribution in [0.5, 0.6) is 5.75 Å². The van der Waals surface area contributed by atoms with Gasteiger partial charge >= 0.3 is 22.7 Å². The average Bonchev–Trinajstić information content (AvgIpc) is 2.42. The van der Waals surface area contributed by atoms with Gasteiger partial charge in [-0.1, -0.05) is 9.95 Å². The summed E-state index contributed by atoms with van der Waals surface area (Å²) in [6.07, 6.45) is -1.57. The van der Waals surface area contributed by atoms with E-state index < -0.39 is 39.6 Å². The van der Waals surface area contributed by atoms with Crippen LogP contribution in [-0.4, -0.2) is 31.8 Å². The number of anilines is 1. The van der Waals surface area contributed by atoms with Gasteiger partial charge in [-0.2, -0.15) is 8.42 Å². The third-order valence-electron chi connectivity index (χ3n) is 2.71. The summed E-state index contributed by atoms with van der Waals surface area (Å²) < 4.78 is 49.2. The Morgan fingerprint density at radius 3 is 2.04 bits per heavy atom. The van der Waals surface area contributed by atoms with Gasteiger partial charge in [-0.25, -0.2) is 9.59 Å². The molecule has 1 aromatic rings. The minimum Gasteiger partial charge on any atom is -0.444 e. The van der Waals surface area contributed by atoms with Crippen LogP contribution in [0.2, 0.25) is 0 Å². The Kier molecular flexibility index (Phi) is 7.24.